The van der Waals surface area contributed by atoms with Crippen LogP contribution in [0.1, 0.15) is 13.3 Å². The van der Waals surface area contributed by atoms with Crippen LogP contribution < -0.4 is 14.8 Å². The molecule has 0 saturated carbocycles. The van der Waals surface area contributed by atoms with Gasteiger partial charge >= 0.3 is 0 Å². The Bertz CT molecular complexity index is 1090. The van der Waals surface area contributed by atoms with Crippen LogP contribution >= 0.6 is 11.6 Å². The van der Waals surface area contributed by atoms with Gasteiger partial charge in [0.05, 0.1) is 4.90 Å². The number of hydrogen-bond acceptors (Lipinski definition) is 4. The number of ether oxygens (including phenoxy) is 1. The first-order valence-corrected chi connectivity index (χ1v) is 11.1. The molecule has 6 nitrogen and oxygen atoms in total. The molecule has 1 amide bonds. The Hall–Kier alpha value is -3.03. The van der Waals surface area contributed by atoms with Crippen molar-refractivity contribution in [2.75, 3.05) is 10.0 Å². The van der Waals surface area contributed by atoms with E-state index in [2.05, 4.69) is 10.0 Å². The molecule has 2 N–H and O–H groups in total. The van der Waals surface area contributed by atoms with Crippen molar-refractivity contribution in [3.05, 3.63) is 83.9 Å². The maximum Gasteiger partial charge on any atom is 0.265 e. The lowest BCUT2D eigenvalue weighted by Gasteiger charge is -2.17. The van der Waals surface area contributed by atoms with Crippen LogP contribution in [0, 0.1) is 0 Å². The number of halogens is 1. The molecule has 3 aromatic rings. The minimum atomic E-state index is -3.72. The Morgan fingerprint density at radius 2 is 1.57 bits per heavy atom. The zero-order chi connectivity index (χ0) is 21.6. The monoisotopic (exact) mass is 444 g/mol. The second kappa shape index (κ2) is 9.65. The van der Waals surface area contributed by atoms with Gasteiger partial charge in [-0.05, 0) is 67.1 Å². The summed E-state index contributed by atoms with van der Waals surface area (Å²) in [6.07, 6.45) is -0.239. The standard InChI is InChI=1S/C22H21ClN2O4S/c1-2-21(29-19-12-8-16(23)9-13-19)22(26)24-17-10-14-20(15-11-17)30(27,28)25-18-6-4-3-5-7-18/h3-15,21,25H,2H2,1H3,(H,24,26)/t21-/m0/s1. The number of anilines is 2. The van der Waals surface area contributed by atoms with Gasteiger partial charge in [0.2, 0.25) is 0 Å². The number of carbonyl (C=O) groups is 1. The first-order chi connectivity index (χ1) is 14.4. The van der Waals surface area contributed by atoms with Gasteiger partial charge in [0, 0.05) is 16.4 Å². The summed E-state index contributed by atoms with van der Waals surface area (Å²) in [6, 6.07) is 21.3. The van der Waals surface area contributed by atoms with Crippen molar-refractivity contribution in [2.24, 2.45) is 0 Å². The molecule has 156 valence electrons. The third-order valence-corrected chi connectivity index (χ3v) is 5.86. The highest BCUT2D eigenvalue weighted by Gasteiger charge is 2.19. The Balaban J connectivity index is 1.65. The smallest absolute Gasteiger partial charge is 0.265 e. The fourth-order valence-electron chi connectivity index (χ4n) is 2.66. The van der Waals surface area contributed by atoms with Crippen molar-refractivity contribution < 1.29 is 17.9 Å². The lowest BCUT2D eigenvalue weighted by Crippen LogP contribution is -2.32. The van der Waals surface area contributed by atoms with Gasteiger partial charge in [-0.25, -0.2) is 8.42 Å². The molecule has 0 unspecified atom stereocenters. The summed E-state index contributed by atoms with van der Waals surface area (Å²) in [6.45, 7) is 1.84. The zero-order valence-corrected chi connectivity index (χ0v) is 17.8. The van der Waals surface area contributed by atoms with Crippen molar-refractivity contribution >= 4 is 38.9 Å². The van der Waals surface area contributed by atoms with Crippen LogP contribution in [0.5, 0.6) is 5.75 Å². The van der Waals surface area contributed by atoms with E-state index in [0.29, 0.717) is 28.6 Å². The molecule has 0 aliphatic heterocycles. The van der Waals surface area contributed by atoms with Crippen molar-refractivity contribution in [1.82, 2.24) is 0 Å². The van der Waals surface area contributed by atoms with Crippen LogP contribution in [0.3, 0.4) is 0 Å². The van der Waals surface area contributed by atoms with Crippen LogP contribution in [0.2, 0.25) is 5.02 Å². The predicted molar refractivity (Wildman–Crippen MR) is 118 cm³/mol. The molecule has 0 spiro atoms. The second-order valence-corrected chi connectivity index (χ2v) is 8.57. The van der Waals surface area contributed by atoms with Crippen LogP contribution in [0.15, 0.2) is 83.8 Å². The SMILES string of the molecule is CC[C@H](Oc1ccc(Cl)cc1)C(=O)Nc1ccc(S(=O)(=O)Nc2ccccc2)cc1. The van der Waals surface area contributed by atoms with Gasteiger partial charge in [-0.1, -0.05) is 36.7 Å². The van der Waals surface area contributed by atoms with E-state index in [9.17, 15) is 13.2 Å². The largest absolute Gasteiger partial charge is 0.481 e. The Kier molecular flexibility index (Phi) is 6.97. The summed E-state index contributed by atoms with van der Waals surface area (Å²) in [4.78, 5) is 12.6. The molecule has 0 fully saturated rings. The molecule has 0 aliphatic rings. The highest BCUT2D eigenvalue weighted by molar-refractivity contribution is 7.92. The number of amides is 1. The molecule has 0 aliphatic carbocycles. The number of sulfonamides is 1. The average molecular weight is 445 g/mol. The van der Waals surface area contributed by atoms with Gasteiger partial charge < -0.3 is 10.1 Å². The van der Waals surface area contributed by atoms with E-state index in [1.165, 1.54) is 24.3 Å². The Labute approximate surface area is 180 Å². The quantitative estimate of drug-likeness (QED) is 0.515. The molecular weight excluding hydrogens is 424 g/mol. The fraction of sp³-hybridized carbons (Fsp3) is 0.136. The topological polar surface area (TPSA) is 84.5 Å². The molecule has 8 heteroatoms. The van der Waals surface area contributed by atoms with Crippen molar-refractivity contribution in [1.29, 1.82) is 0 Å². The summed E-state index contributed by atoms with van der Waals surface area (Å²) in [7, 11) is -3.72. The van der Waals surface area contributed by atoms with Crippen molar-refractivity contribution in [3.8, 4) is 5.75 Å². The normalized spacial score (nSPS) is 12.1. The van der Waals surface area contributed by atoms with Crippen LogP contribution in [-0.4, -0.2) is 20.4 Å². The lowest BCUT2D eigenvalue weighted by molar-refractivity contribution is -0.122. The molecule has 0 radical (unpaired) electrons. The van der Waals surface area contributed by atoms with E-state index in [1.807, 2.05) is 6.92 Å². The van der Waals surface area contributed by atoms with E-state index in [4.69, 9.17) is 16.3 Å². The minimum Gasteiger partial charge on any atom is -0.481 e. The minimum absolute atomic E-state index is 0.0915. The van der Waals surface area contributed by atoms with E-state index < -0.39 is 16.1 Å². The number of carbonyl (C=O) groups excluding carboxylic acids is 1. The number of nitrogens with one attached hydrogen (secondary N) is 2. The summed E-state index contributed by atoms with van der Waals surface area (Å²) in [5.41, 5.74) is 0.942. The Morgan fingerprint density at radius 3 is 2.17 bits per heavy atom. The third kappa shape index (κ3) is 5.75. The molecule has 0 aromatic heterocycles. The molecule has 1 atom stereocenters. The highest BCUT2D eigenvalue weighted by Crippen LogP contribution is 2.20. The highest BCUT2D eigenvalue weighted by atomic mass is 35.5. The first kappa shape index (κ1) is 21.7. The van der Waals surface area contributed by atoms with E-state index in [1.54, 1.807) is 54.6 Å². The maximum absolute atomic E-state index is 12.5. The van der Waals surface area contributed by atoms with Crippen LogP contribution in [-0.2, 0) is 14.8 Å². The zero-order valence-electron chi connectivity index (χ0n) is 16.2. The third-order valence-electron chi connectivity index (χ3n) is 4.21. The van der Waals surface area contributed by atoms with Gasteiger partial charge in [-0.3, -0.25) is 9.52 Å². The summed E-state index contributed by atoms with van der Waals surface area (Å²) in [5.74, 6) is 0.209. The summed E-state index contributed by atoms with van der Waals surface area (Å²) < 4.78 is 33.2. The lowest BCUT2D eigenvalue weighted by atomic mass is 10.2. The maximum atomic E-state index is 12.5. The fourth-order valence-corrected chi connectivity index (χ4v) is 3.84. The van der Waals surface area contributed by atoms with Gasteiger partial charge in [0.25, 0.3) is 15.9 Å². The van der Waals surface area contributed by atoms with E-state index in [-0.39, 0.29) is 10.8 Å². The van der Waals surface area contributed by atoms with Gasteiger partial charge in [-0.15, -0.1) is 0 Å². The number of benzene rings is 3. The summed E-state index contributed by atoms with van der Waals surface area (Å²) >= 11 is 5.86. The molecular formula is C22H21ClN2O4S. The molecule has 30 heavy (non-hydrogen) atoms. The van der Waals surface area contributed by atoms with E-state index in [0.717, 1.165) is 0 Å². The predicted octanol–water partition coefficient (Wildman–Crippen LogP) is 4.94. The van der Waals surface area contributed by atoms with Crippen molar-refractivity contribution in [2.45, 2.75) is 24.3 Å². The van der Waals surface area contributed by atoms with Crippen molar-refractivity contribution in [3.63, 3.8) is 0 Å². The number of para-hydroxylation sites is 1. The number of rotatable bonds is 8. The van der Waals surface area contributed by atoms with Gasteiger partial charge in [0.1, 0.15) is 5.75 Å². The van der Waals surface area contributed by atoms with Crippen LogP contribution in [0.25, 0.3) is 0 Å². The molecule has 0 bridgehead atoms. The van der Waals surface area contributed by atoms with Gasteiger partial charge in [-0.2, -0.15) is 0 Å². The molecule has 3 rings (SSSR count). The van der Waals surface area contributed by atoms with Crippen LogP contribution in [0.4, 0.5) is 11.4 Å². The summed E-state index contributed by atoms with van der Waals surface area (Å²) in [5, 5.41) is 3.33. The number of hydrogen-bond donors (Lipinski definition) is 2. The van der Waals surface area contributed by atoms with E-state index >= 15 is 0 Å². The first-order valence-electron chi connectivity index (χ1n) is 9.28. The molecule has 0 saturated heterocycles. The Morgan fingerprint density at radius 1 is 0.933 bits per heavy atom. The molecule has 3 aromatic carbocycles. The van der Waals surface area contributed by atoms with Gasteiger partial charge in [0.15, 0.2) is 6.10 Å². The molecule has 0 heterocycles. The second-order valence-electron chi connectivity index (χ2n) is 6.45. The average Bonchev–Trinajstić information content (AvgIpc) is 2.74.